The van der Waals surface area contributed by atoms with E-state index in [4.69, 9.17) is 9.47 Å². The first-order valence-electron chi connectivity index (χ1n) is 11.6. The molecule has 0 unspecified atom stereocenters. The highest BCUT2D eigenvalue weighted by Gasteiger charge is 2.29. The van der Waals surface area contributed by atoms with Crippen LogP contribution in [0.4, 0.5) is 9.18 Å². The molecule has 4 rings (SSSR count). The van der Waals surface area contributed by atoms with E-state index in [1.807, 2.05) is 34.9 Å². The van der Waals surface area contributed by atoms with Crippen molar-refractivity contribution < 1.29 is 23.5 Å². The standard InChI is InChI=1S/C27H29FN2O4/c1-3-8-19-13-20(28)14-23-22-15-21(29-27(32)34-17-18-9-6-5-7-10-18)11-12-24(22)30(26(19)23)16-25(31)33-4-2/h3,5-7,9-10,13-14,21H,1,4,8,11-12,15-17H2,2H3,(H,29,32)/t21-/m0/s1. The molecule has 1 aromatic heterocycles. The summed E-state index contributed by atoms with van der Waals surface area (Å²) in [6.45, 7) is 6.12. The molecule has 0 radical (unpaired) electrons. The Hall–Kier alpha value is -3.61. The summed E-state index contributed by atoms with van der Waals surface area (Å²) in [6, 6.07) is 12.3. The van der Waals surface area contributed by atoms with Crippen molar-refractivity contribution in [1.82, 2.24) is 9.88 Å². The van der Waals surface area contributed by atoms with Gasteiger partial charge in [0.2, 0.25) is 0 Å². The maximum atomic E-state index is 14.5. The Kier molecular flexibility index (Phi) is 7.30. The van der Waals surface area contributed by atoms with Gasteiger partial charge in [0.05, 0.1) is 12.1 Å². The summed E-state index contributed by atoms with van der Waals surface area (Å²) in [6.07, 6.45) is 3.58. The van der Waals surface area contributed by atoms with Crippen LogP contribution in [0.3, 0.4) is 0 Å². The predicted octanol–water partition coefficient (Wildman–Crippen LogP) is 4.86. The van der Waals surface area contributed by atoms with Crippen molar-refractivity contribution in [2.45, 2.75) is 51.8 Å². The molecule has 0 saturated carbocycles. The fraction of sp³-hybridized carbons (Fsp3) is 0.333. The molecule has 0 saturated heterocycles. The number of hydrogen-bond donors (Lipinski definition) is 1. The second-order valence-electron chi connectivity index (χ2n) is 8.42. The topological polar surface area (TPSA) is 69.6 Å². The van der Waals surface area contributed by atoms with Crippen molar-refractivity contribution in [3.8, 4) is 0 Å². The fourth-order valence-corrected chi connectivity index (χ4v) is 4.71. The SMILES string of the molecule is C=CCc1cc(F)cc2c3c(n(CC(=O)OCC)c12)CC[C@H](NC(=O)OCc1ccccc1)C3. The third kappa shape index (κ3) is 5.14. The van der Waals surface area contributed by atoms with Gasteiger partial charge in [0.25, 0.3) is 0 Å². The van der Waals surface area contributed by atoms with Gasteiger partial charge in [-0.15, -0.1) is 6.58 Å². The van der Waals surface area contributed by atoms with Gasteiger partial charge in [-0.3, -0.25) is 4.79 Å². The zero-order chi connectivity index (χ0) is 24.1. The zero-order valence-electron chi connectivity index (χ0n) is 19.3. The number of fused-ring (bicyclic) bond motifs is 3. The number of carbonyl (C=O) groups excluding carboxylic acids is 2. The lowest BCUT2D eigenvalue weighted by atomic mass is 9.91. The van der Waals surface area contributed by atoms with Crippen LogP contribution < -0.4 is 5.32 Å². The van der Waals surface area contributed by atoms with Crippen LogP contribution in [0.1, 0.15) is 35.7 Å². The number of esters is 1. The first-order valence-corrected chi connectivity index (χ1v) is 11.6. The molecule has 1 aliphatic rings. The summed E-state index contributed by atoms with van der Waals surface area (Å²) in [5, 5.41) is 3.71. The highest BCUT2D eigenvalue weighted by atomic mass is 19.1. The summed E-state index contributed by atoms with van der Waals surface area (Å²) in [5.74, 6) is -0.668. The molecule has 1 heterocycles. The van der Waals surface area contributed by atoms with Crippen LogP contribution in [0.25, 0.3) is 10.9 Å². The quantitative estimate of drug-likeness (QED) is 0.382. The molecular weight excluding hydrogens is 435 g/mol. The van der Waals surface area contributed by atoms with Crippen molar-refractivity contribution in [2.75, 3.05) is 6.61 Å². The lowest BCUT2D eigenvalue weighted by molar-refractivity contribution is -0.143. The molecular formula is C27H29FN2O4. The molecule has 0 spiro atoms. The first-order chi connectivity index (χ1) is 16.5. The largest absolute Gasteiger partial charge is 0.465 e. The van der Waals surface area contributed by atoms with Crippen molar-refractivity contribution in [3.63, 3.8) is 0 Å². The number of aromatic nitrogens is 1. The van der Waals surface area contributed by atoms with E-state index in [-0.39, 0.29) is 31.0 Å². The van der Waals surface area contributed by atoms with Crippen molar-refractivity contribution in [3.05, 3.63) is 83.3 Å². The van der Waals surface area contributed by atoms with Gasteiger partial charge in [0.1, 0.15) is 19.0 Å². The lowest BCUT2D eigenvalue weighted by Gasteiger charge is -2.24. The van der Waals surface area contributed by atoms with E-state index in [0.717, 1.165) is 33.3 Å². The molecule has 6 nitrogen and oxygen atoms in total. The van der Waals surface area contributed by atoms with Gasteiger partial charge in [-0.1, -0.05) is 36.4 Å². The normalized spacial score (nSPS) is 14.9. The van der Waals surface area contributed by atoms with Gasteiger partial charge in [-0.2, -0.15) is 0 Å². The number of nitrogens with one attached hydrogen (secondary N) is 1. The Bertz CT molecular complexity index is 1200. The van der Waals surface area contributed by atoms with Crippen LogP contribution in [0.2, 0.25) is 0 Å². The average molecular weight is 465 g/mol. The Morgan fingerprint density at radius 1 is 1.24 bits per heavy atom. The van der Waals surface area contributed by atoms with E-state index in [1.54, 1.807) is 13.0 Å². The molecule has 1 amide bonds. The monoisotopic (exact) mass is 464 g/mol. The van der Waals surface area contributed by atoms with Crippen LogP contribution in [0.15, 0.2) is 55.1 Å². The van der Waals surface area contributed by atoms with Crippen molar-refractivity contribution in [2.24, 2.45) is 0 Å². The molecule has 2 aromatic carbocycles. The van der Waals surface area contributed by atoms with Crippen LogP contribution in [-0.4, -0.2) is 29.3 Å². The fourth-order valence-electron chi connectivity index (χ4n) is 4.71. The van der Waals surface area contributed by atoms with Gasteiger partial charge in [-0.05, 0) is 61.4 Å². The molecule has 3 aromatic rings. The Labute approximate surface area is 198 Å². The number of allylic oxidation sites excluding steroid dienone is 1. The number of ether oxygens (including phenoxy) is 2. The van der Waals surface area contributed by atoms with E-state index in [9.17, 15) is 14.0 Å². The van der Waals surface area contributed by atoms with Gasteiger partial charge < -0.3 is 19.4 Å². The minimum absolute atomic E-state index is 0.0622. The number of nitrogens with zero attached hydrogens (tertiary/aromatic N) is 1. The lowest BCUT2D eigenvalue weighted by Crippen LogP contribution is -2.39. The molecule has 7 heteroatoms. The van der Waals surface area contributed by atoms with Crippen LogP contribution in [0.5, 0.6) is 0 Å². The van der Waals surface area contributed by atoms with Crippen molar-refractivity contribution in [1.29, 1.82) is 0 Å². The highest BCUT2D eigenvalue weighted by Crippen LogP contribution is 2.35. The number of halogens is 1. The molecule has 1 aliphatic carbocycles. The van der Waals surface area contributed by atoms with Crippen molar-refractivity contribution >= 4 is 23.0 Å². The smallest absolute Gasteiger partial charge is 0.407 e. The van der Waals surface area contributed by atoms with E-state index in [1.165, 1.54) is 12.1 Å². The van der Waals surface area contributed by atoms with Crippen LogP contribution >= 0.6 is 0 Å². The summed E-state index contributed by atoms with van der Waals surface area (Å²) in [4.78, 5) is 24.8. The van der Waals surface area contributed by atoms with E-state index in [2.05, 4.69) is 11.9 Å². The number of amides is 1. The Morgan fingerprint density at radius 3 is 2.76 bits per heavy atom. The molecule has 0 fully saturated rings. The molecule has 34 heavy (non-hydrogen) atoms. The summed E-state index contributed by atoms with van der Waals surface area (Å²) >= 11 is 0. The predicted molar refractivity (Wildman–Crippen MR) is 128 cm³/mol. The first kappa shape index (κ1) is 23.5. The summed E-state index contributed by atoms with van der Waals surface area (Å²) in [7, 11) is 0. The van der Waals surface area contributed by atoms with E-state index in [0.29, 0.717) is 32.3 Å². The maximum Gasteiger partial charge on any atom is 0.407 e. The number of hydrogen-bond acceptors (Lipinski definition) is 4. The molecule has 1 atom stereocenters. The van der Waals surface area contributed by atoms with E-state index < -0.39 is 6.09 Å². The van der Waals surface area contributed by atoms with E-state index >= 15 is 0 Å². The average Bonchev–Trinajstić information content (AvgIpc) is 3.11. The number of rotatable bonds is 8. The second kappa shape index (κ2) is 10.5. The number of benzene rings is 2. The van der Waals surface area contributed by atoms with Gasteiger partial charge in [0.15, 0.2) is 0 Å². The number of carbonyl (C=O) groups is 2. The van der Waals surface area contributed by atoms with Crippen LogP contribution in [-0.2, 0) is 46.7 Å². The van der Waals surface area contributed by atoms with Gasteiger partial charge in [-0.25, -0.2) is 9.18 Å². The number of alkyl carbamates (subject to hydrolysis) is 1. The second-order valence-corrected chi connectivity index (χ2v) is 8.42. The Morgan fingerprint density at radius 2 is 2.03 bits per heavy atom. The molecule has 0 bridgehead atoms. The minimum Gasteiger partial charge on any atom is -0.465 e. The third-order valence-electron chi connectivity index (χ3n) is 6.09. The maximum absolute atomic E-state index is 14.5. The summed E-state index contributed by atoms with van der Waals surface area (Å²) < 4.78 is 27.0. The Balaban J connectivity index is 1.59. The molecule has 1 N–H and O–H groups in total. The van der Waals surface area contributed by atoms with Gasteiger partial charge >= 0.3 is 12.1 Å². The third-order valence-corrected chi connectivity index (χ3v) is 6.09. The zero-order valence-corrected chi connectivity index (χ0v) is 19.3. The highest BCUT2D eigenvalue weighted by molar-refractivity contribution is 5.90. The molecule has 178 valence electrons. The molecule has 0 aliphatic heterocycles. The minimum atomic E-state index is -0.480. The van der Waals surface area contributed by atoms with Crippen LogP contribution in [0, 0.1) is 5.82 Å². The van der Waals surface area contributed by atoms with Gasteiger partial charge in [0, 0.05) is 17.1 Å². The summed E-state index contributed by atoms with van der Waals surface area (Å²) in [5.41, 5.74) is 4.44.